The van der Waals surface area contributed by atoms with Crippen LogP contribution in [0.4, 0.5) is 8.78 Å². The molecule has 1 nitrogen and oxygen atoms in total. The van der Waals surface area contributed by atoms with Gasteiger partial charge in [0.15, 0.2) is 0 Å². The lowest BCUT2D eigenvalue weighted by atomic mass is 9.99. The van der Waals surface area contributed by atoms with Gasteiger partial charge in [-0.15, -0.1) is 0 Å². The van der Waals surface area contributed by atoms with Crippen molar-refractivity contribution in [3.8, 4) is 0 Å². The first-order chi connectivity index (χ1) is 9.01. The molecule has 0 saturated heterocycles. The van der Waals surface area contributed by atoms with Crippen LogP contribution in [0.2, 0.25) is 5.02 Å². The molecule has 0 radical (unpaired) electrons. The number of benzene rings is 2. The van der Waals surface area contributed by atoms with Crippen molar-refractivity contribution in [1.82, 2.24) is 5.32 Å². The molecule has 5 heteroatoms. The minimum Gasteiger partial charge on any atom is -0.309 e. The number of hydrogen-bond donors (Lipinski definition) is 1. The third-order valence-corrected chi connectivity index (χ3v) is 4.02. The van der Waals surface area contributed by atoms with E-state index in [0.29, 0.717) is 10.6 Å². The van der Waals surface area contributed by atoms with Gasteiger partial charge in [0.2, 0.25) is 0 Å². The maximum absolute atomic E-state index is 13.3. The van der Waals surface area contributed by atoms with Crippen LogP contribution in [0.15, 0.2) is 40.9 Å². The summed E-state index contributed by atoms with van der Waals surface area (Å²) in [7, 11) is 1.73. The highest BCUT2D eigenvalue weighted by atomic mass is 79.9. The maximum atomic E-state index is 13.3. The number of nitrogens with one attached hydrogen (secondary N) is 1. The van der Waals surface area contributed by atoms with Crippen LogP contribution in [0, 0.1) is 11.6 Å². The van der Waals surface area contributed by atoms with Gasteiger partial charge in [0.05, 0.1) is 11.1 Å². The van der Waals surface area contributed by atoms with Crippen LogP contribution in [0.5, 0.6) is 0 Å². The second kappa shape index (κ2) is 5.99. The molecule has 0 aliphatic carbocycles. The first-order valence-electron chi connectivity index (χ1n) is 5.59. The van der Waals surface area contributed by atoms with Gasteiger partial charge in [-0.2, -0.15) is 0 Å². The van der Waals surface area contributed by atoms with Crippen LogP contribution in [0.1, 0.15) is 17.2 Å². The fraction of sp³-hybridized carbons (Fsp3) is 0.143. The van der Waals surface area contributed by atoms with E-state index in [4.69, 9.17) is 11.6 Å². The standard InChI is InChI=1S/C14H11BrClF2N/c1-19-14(8-2-3-12(15)13(16)6-8)9-4-10(17)7-11(18)5-9/h2-7,14,19H,1H3. The van der Waals surface area contributed by atoms with E-state index in [1.807, 2.05) is 6.07 Å². The smallest absolute Gasteiger partial charge is 0.126 e. The predicted octanol–water partition coefficient (Wildman–Crippen LogP) is 4.69. The first-order valence-corrected chi connectivity index (χ1v) is 6.76. The van der Waals surface area contributed by atoms with Crippen molar-refractivity contribution in [3.05, 3.63) is 68.7 Å². The third kappa shape index (κ3) is 3.32. The highest BCUT2D eigenvalue weighted by Gasteiger charge is 2.15. The molecule has 19 heavy (non-hydrogen) atoms. The molecule has 100 valence electrons. The third-order valence-electron chi connectivity index (χ3n) is 2.78. The zero-order chi connectivity index (χ0) is 14.0. The monoisotopic (exact) mass is 345 g/mol. The molecule has 0 saturated carbocycles. The van der Waals surface area contributed by atoms with Crippen LogP contribution in [-0.4, -0.2) is 7.05 Å². The van der Waals surface area contributed by atoms with Crippen molar-refractivity contribution >= 4 is 27.5 Å². The molecule has 0 heterocycles. The summed E-state index contributed by atoms with van der Waals surface area (Å²) in [5.41, 5.74) is 1.35. The summed E-state index contributed by atoms with van der Waals surface area (Å²) < 4.78 is 27.3. The molecule has 2 rings (SSSR count). The molecule has 0 bridgehead atoms. The minimum absolute atomic E-state index is 0.323. The van der Waals surface area contributed by atoms with Crippen molar-refractivity contribution < 1.29 is 8.78 Å². The van der Waals surface area contributed by atoms with E-state index < -0.39 is 11.6 Å². The Kier molecular flexibility index (Phi) is 4.55. The number of halogens is 4. The topological polar surface area (TPSA) is 12.0 Å². The van der Waals surface area contributed by atoms with Crippen LogP contribution in [0.25, 0.3) is 0 Å². The quantitative estimate of drug-likeness (QED) is 0.850. The minimum atomic E-state index is -0.599. The average Bonchev–Trinajstić information content (AvgIpc) is 2.33. The van der Waals surface area contributed by atoms with Gasteiger partial charge in [0.1, 0.15) is 11.6 Å². The summed E-state index contributed by atoms with van der Waals surface area (Å²) in [6.45, 7) is 0. The molecule has 0 aromatic heterocycles. The molecular formula is C14H11BrClF2N. The Bertz CT molecular complexity index is 584. The Balaban J connectivity index is 2.46. The molecule has 2 aromatic rings. The Morgan fingerprint density at radius 3 is 2.21 bits per heavy atom. The van der Waals surface area contributed by atoms with Gasteiger partial charge >= 0.3 is 0 Å². The lowest BCUT2D eigenvalue weighted by Gasteiger charge is -2.18. The number of hydrogen-bond acceptors (Lipinski definition) is 1. The fourth-order valence-corrected chi connectivity index (χ4v) is 2.40. The summed E-state index contributed by atoms with van der Waals surface area (Å²) in [5.74, 6) is -1.20. The van der Waals surface area contributed by atoms with Gasteiger partial charge < -0.3 is 5.32 Å². The van der Waals surface area contributed by atoms with Crippen LogP contribution >= 0.6 is 27.5 Å². The van der Waals surface area contributed by atoms with E-state index in [0.717, 1.165) is 16.1 Å². The molecule has 1 N–H and O–H groups in total. The summed E-state index contributed by atoms with van der Waals surface area (Å²) in [6, 6.07) is 8.55. The Hall–Kier alpha value is -0.970. The van der Waals surface area contributed by atoms with Gasteiger partial charge in [-0.25, -0.2) is 8.78 Å². The first kappa shape index (κ1) is 14.4. The highest BCUT2D eigenvalue weighted by Crippen LogP contribution is 2.29. The molecular weight excluding hydrogens is 336 g/mol. The van der Waals surface area contributed by atoms with E-state index in [-0.39, 0.29) is 6.04 Å². The summed E-state index contributed by atoms with van der Waals surface area (Å²) in [5, 5.41) is 3.58. The van der Waals surface area contributed by atoms with Gasteiger partial charge in [-0.3, -0.25) is 0 Å². The van der Waals surface area contributed by atoms with Crippen LogP contribution in [0.3, 0.4) is 0 Å². The van der Waals surface area contributed by atoms with Crippen molar-refractivity contribution in [2.75, 3.05) is 7.05 Å². The molecule has 0 amide bonds. The van der Waals surface area contributed by atoms with Gasteiger partial charge in [0.25, 0.3) is 0 Å². The van der Waals surface area contributed by atoms with Crippen LogP contribution in [-0.2, 0) is 0 Å². The zero-order valence-electron chi connectivity index (χ0n) is 10.1. The summed E-state index contributed by atoms with van der Waals surface area (Å²) in [4.78, 5) is 0. The maximum Gasteiger partial charge on any atom is 0.126 e. The van der Waals surface area contributed by atoms with Crippen molar-refractivity contribution in [1.29, 1.82) is 0 Å². The lowest BCUT2D eigenvalue weighted by Crippen LogP contribution is -2.18. The van der Waals surface area contributed by atoms with E-state index in [1.165, 1.54) is 12.1 Å². The van der Waals surface area contributed by atoms with Crippen molar-refractivity contribution in [3.63, 3.8) is 0 Å². The summed E-state index contributed by atoms with van der Waals surface area (Å²) >= 11 is 9.35. The number of rotatable bonds is 3. The van der Waals surface area contributed by atoms with E-state index in [1.54, 1.807) is 19.2 Å². The predicted molar refractivity (Wildman–Crippen MR) is 76.4 cm³/mol. The largest absolute Gasteiger partial charge is 0.309 e. The molecule has 1 atom stereocenters. The van der Waals surface area contributed by atoms with E-state index >= 15 is 0 Å². The van der Waals surface area contributed by atoms with Crippen molar-refractivity contribution in [2.24, 2.45) is 0 Å². The van der Waals surface area contributed by atoms with Gasteiger partial charge in [0, 0.05) is 10.5 Å². The SMILES string of the molecule is CNC(c1cc(F)cc(F)c1)c1ccc(Br)c(Cl)c1. The van der Waals surface area contributed by atoms with Gasteiger partial charge in [-0.1, -0.05) is 17.7 Å². The molecule has 0 fully saturated rings. The Labute approximate surface area is 123 Å². The second-order valence-corrected chi connectivity index (χ2v) is 5.36. The normalized spacial score (nSPS) is 12.5. The Morgan fingerprint density at radius 2 is 1.68 bits per heavy atom. The van der Waals surface area contributed by atoms with E-state index in [9.17, 15) is 8.78 Å². The molecule has 0 spiro atoms. The van der Waals surface area contributed by atoms with E-state index in [2.05, 4.69) is 21.2 Å². The average molecular weight is 347 g/mol. The molecule has 1 unspecified atom stereocenters. The summed E-state index contributed by atoms with van der Waals surface area (Å²) in [6.07, 6.45) is 0. The van der Waals surface area contributed by atoms with Crippen LogP contribution < -0.4 is 5.32 Å². The highest BCUT2D eigenvalue weighted by molar-refractivity contribution is 9.10. The zero-order valence-corrected chi connectivity index (χ0v) is 12.4. The molecule has 0 aliphatic heterocycles. The molecule has 0 aliphatic rings. The Morgan fingerprint density at radius 1 is 1.05 bits per heavy atom. The van der Waals surface area contributed by atoms with Gasteiger partial charge in [-0.05, 0) is 58.4 Å². The fourth-order valence-electron chi connectivity index (χ4n) is 1.96. The molecule has 2 aromatic carbocycles. The lowest BCUT2D eigenvalue weighted by molar-refractivity contribution is 0.571. The van der Waals surface area contributed by atoms with Crippen molar-refractivity contribution in [2.45, 2.75) is 6.04 Å². The second-order valence-electron chi connectivity index (χ2n) is 4.10.